The van der Waals surface area contributed by atoms with Gasteiger partial charge in [0.15, 0.2) is 0 Å². The Bertz CT molecular complexity index is 839. The van der Waals surface area contributed by atoms with Gasteiger partial charge in [0.2, 0.25) is 16.0 Å². The van der Waals surface area contributed by atoms with Crippen molar-refractivity contribution in [3.8, 4) is 0 Å². The third-order valence-corrected chi connectivity index (χ3v) is 5.93. The molecule has 3 rings (SSSR count). The molecule has 0 aliphatic heterocycles. The van der Waals surface area contributed by atoms with E-state index in [1.165, 1.54) is 0 Å². The first-order valence-electron chi connectivity index (χ1n) is 7.86. The second-order valence-corrected chi connectivity index (χ2v) is 7.95. The molecule has 2 aromatic heterocycles. The van der Waals surface area contributed by atoms with Gasteiger partial charge in [0.05, 0.1) is 23.1 Å². The van der Waals surface area contributed by atoms with E-state index < -0.39 is 10.0 Å². The Morgan fingerprint density at radius 2 is 2.08 bits per heavy atom. The number of aromatic nitrogens is 4. The summed E-state index contributed by atoms with van der Waals surface area (Å²) >= 11 is 0. The quantitative estimate of drug-likeness (QED) is 0.860. The molecule has 0 spiro atoms. The molecule has 0 bridgehead atoms. The number of H-pyrrole nitrogens is 1. The summed E-state index contributed by atoms with van der Waals surface area (Å²) in [6, 6.07) is -0.316. The topological polar surface area (TPSA) is 104 Å². The van der Waals surface area contributed by atoms with Gasteiger partial charge in [-0.2, -0.15) is 5.10 Å². The van der Waals surface area contributed by atoms with Gasteiger partial charge in [0, 0.05) is 25.9 Å². The van der Waals surface area contributed by atoms with Gasteiger partial charge in [-0.3, -0.25) is 5.10 Å². The lowest BCUT2D eigenvalue weighted by Crippen LogP contribution is -2.32. The van der Waals surface area contributed by atoms with E-state index >= 15 is 0 Å². The van der Waals surface area contributed by atoms with Crippen LogP contribution in [0.2, 0.25) is 0 Å². The van der Waals surface area contributed by atoms with Gasteiger partial charge in [0.1, 0.15) is 4.90 Å². The smallest absolute Gasteiger partial charge is 0.244 e. The molecule has 0 saturated heterocycles. The number of aromatic amines is 1. The Hall–Kier alpha value is -2.00. The maximum atomic E-state index is 12.8. The fraction of sp³-hybridized carbons (Fsp3) is 0.533. The highest BCUT2D eigenvalue weighted by Gasteiger charge is 2.30. The highest BCUT2D eigenvalue weighted by molar-refractivity contribution is 7.89. The zero-order valence-corrected chi connectivity index (χ0v) is 15.1. The number of anilines is 1. The van der Waals surface area contributed by atoms with E-state index in [9.17, 15) is 8.42 Å². The Morgan fingerprint density at radius 3 is 2.71 bits per heavy atom. The number of fused-ring (bicyclic) bond motifs is 1. The zero-order chi connectivity index (χ0) is 17.5. The Labute approximate surface area is 141 Å². The molecular weight excluding hydrogens is 328 g/mol. The average Bonchev–Trinajstić information content (AvgIpc) is 2.86. The maximum Gasteiger partial charge on any atom is 0.244 e. The molecule has 2 heterocycles. The first kappa shape index (κ1) is 16.8. The summed E-state index contributed by atoms with van der Waals surface area (Å²) in [6.45, 7) is 3.38. The molecule has 0 unspecified atom stereocenters. The number of nitrogens with zero attached hydrogens (tertiary/aromatic N) is 4. The van der Waals surface area contributed by atoms with E-state index in [2.05, 4.69) is 24.9 Å². The van der Waals surface area contributed by atoms with Crippen molar-refractivity contribution in [2.24, 2.45) is 0 Å². The number of hydrogen-bond acceptors (Lipinski definition) is 6. The van der Waals surface area contributed by atoms with Crippen molar-refractivity contribution < 1.29 is 8.42 Å². The molecule has 1 aliphatic rings. The summed E-state index contributed by atoms with van der Waals surface area (Å²) in [7, 11) is 0.111. The number of nitrogens with one attached hydrogen (secondary N) is 2. The van der Waals surface area contributed by atoms with Gasteiger partial charge in [-0.15, -0.1) is 0 Å². The van der Waals surface area contributed by atoms with Crippen molar-refractivity contribution in [2.45, 2.75) is 44.0 Å². The summed E-state index contributed by atoms with van der Waals surface area (Å²) in [5.74, 6) is 0.638. The summed E-state index contributed by atoms with van der Waals surface area (Å²) in [5, 5.41) is 6.70. The van der Waals surface area contributed by atoms with Crippen LogP contribution < -0.4 is 9.62 Å². The first-order chi connectivity index (χ1) is 11.3. The lowest BCUT2D eigenvalue weighted by Gasteiger charge is -2.26. The van der Waals surface area contributed by atoms with E-state index in [-0.39, 0.29) is 10.9 Å². The Balaban J connectivity index is 1.93. The van der Waals surface area contributed by atoms with Crippen LogP contribution >= 0.6 is 0 Å². The van der Waals surface area contributed by atoms with Crippen LogP contribution in [-0.2, 0) is 16.4 Å². The monoisotopic (exact) mass is 350 g/mol. The highest BCUT2D eigenvalue weighted by Crippen LogP contribution is 2.31. The minimum absolute atomic E-state index is 0.223. The number of aryl methyl sites for hydroxylation is 3. The van der Waals surface area contributed by atoms with E-state index in [4.69, 9.17) is 0 Å². The van der Waals surface area contributed by atoms with E-state index in [0.717, 1.165) is 30.5 Å². The molecule has 8 nitrogen and oxygen atoms in total. The van der Waals surface area contributed by atoms with Crippen LogP contribution in [0.25, 0.3) is 0 Å². The molecule has 0 amide bonds. The van der Waals surface area contributed by atoms with E-state index in [1.54, 1.807) is 20.0 Å². The third-order valence-electron chi connectivity index (χ3n) is 4.20. The normalized spacial score (nSPS) is 17.6. The molecule has 2 aromatic rings. The van der Waals surface area contributed by atoms with Crippen molar-refractivity contribution in [2.75, 3.05) is 19.0 Å². The van der Waals surface area contributed by atoms with Crippen LogP contribution in [0.4, 0.5) is 5.95 Å². The minimum atomic E-state index is -3.66. The van der Waals surface area contributed by atoms with Crippen LogP contribution in [0, 0.1) is 13.8 Å². The molecule has 0 fully saturated rings. The molecule has 0 saturated carbocycles. The summed E-state index contributed by atoms with van der Waals surface area (Å²) < 4.78 is 28.3. The van der Waals surface area contributed by atoms with Crippen LogP contribution in [-0.4, -0.2) is 42.7 Å². The minimum Gasteiger partial charge on any atom is -0.347 e. The van der Waals surface area contributed by atoms with Crippen molar-refractivity contribution >= 4 is 16.0 Å². The molecule has 9 heteroatoms. The van der Waals surface area contributed by atoms with Crippen LogP contribution in [0.1, 0.15) is 41.5 Å². The van der Waals surface area contributed by atoms with Gasteiger partial charge < -0.3 is 4.90 Å². The molecule has 1 aliphatic carbocycles. The fourth-order valence-electron chi connectivity index (χ4n) is 3.06. The first-order valence-corrected chi connectivity index (χ1v) is 9.35. The summed E-state index contributed by atoms with van der Waals surface area (Å²) in [4.78, 5) is 10.9. The van der Waals surface area contributed by atoms with Crippen molar-refractivity contribution in [3.63, 3.8) is 0 Å². The molecule has 1 atom stereocenters. The van der Waals surface area contributed by atoms with Gasteiger partial charge in [-0.1, -0.05) is 0 Å². The van der Waals surface area contributed by atoms with Crippen LogP contribution in [0.15, 0.2) is 11.1 Å². The lowest BCUT2D eigenvalue weighted by atomic mass is 9.93. The Kier molecular flexibility index (Phi) is 4.31. The third kappa shape index (κ3) is 3.01. The number of rotatable bonds is 4. The standard InChI is InChI=1S/C15H22N6O2S/c1-9-14(10(2)19-18-9)24(22,23)20-13-7-5-6-12-11(13)8-16-15(17-12)21(3)4/h8,13,20H,5-7H2,1-4H3,(H,18,19)/t13-/m1/s1. The van der Waals surface area contributed by atoms with Crippen LogP contribution in [0.3, 0.4) is 0 Å². The van der Waals surface area contributed by atoms with Crippen molar-refractivity contribution in [1.29, 1.82) is 0 Å². The molecular formula is C15H22N6O2S. The highest BCUT2D eigenvalue weighted by atomic mass is 32.2. The largest absolute Gasteiger partial charge is 0.347 e. The molecule has 130 valence electrons. The van der Waals surface area contributed by atoms with E-state index in [1.807, 2.05) is 19.0 Å². The van der Waals surface area contributed by atoms with Gasteiger partial charge in [-0.05, 0) is 33.1 Å². The van der Waals surface area contributed by atoms with Gasteiger partial charge in [-0.25, -0.2) is 23.1 Å². The molecule has 0 aromatic carbocycles. The average molecular weight is 350 g/mol. The molecule has 0 radical (unpaired) electrons. The summed E-state index contributed by atoms with van der Waals surface area (Å²) in [6.07, 6.45) is 4.18. The van der Waals surface area contributed by atoms with Gasteiger partial charge >= 0.3 is 0 Å². The van der Waals surface area contributed by atoms with E-state index in [0.29, 0.717) is 17.3 Å². The second-order valence-electron chi connectivity index (χ2n) is 6.30. The maximum absolute atomic E-state index is 12.8. The van der Waals surface area contributed by atoms with Crippen molar-refractivity contribution in [1.82, 2.24) is 24.9 Å². The predicted molar refractivity (Wildman–Crippen MR) is 90.4 cm³/mol. The zero-order valence-electron chi connectivity index (χ0n) is 14.3. The van der Waals surface area contributed by atoms with Crippen LogP contribution in [0.5, 0.6) is 0 Å². The number of hydrogen-bond donors (Lipinski definition) is 2. The van der Waals surface area contributed by atoms with Gasteiger partial charge in [0.25, 0.3) is 0 Å². The predicted octanol–water partition coefficient (Wildman–Crippen LogP) is 1.24. The summed E-state index contributed by atoms with van der Waals surface area (Å²) in [5.41, 5.74) is 2.77. The van der Waals surface area contributed by atoms with Crippen molar-refractivity contribution in [3.05, 3.63) is 28.8 Å². The molecule has 24 heavy (non-hydrogen) atoms. The number of sulfonamides is 1. The fourth-order valence-corrected chi connectivity index (χ4v) is 4.68. The second kappa shape index (κ2) is 6.14. The lowest BCUT2D eigenvalue weighted by molar-refractivity contribution is 0.499. The SMILES string of the molecule is Cc1n[nH]c(C)c1S(=O)(=O)N[C@@H]1CCCc2nc(N(C)C)ncc21. The molecule has 2 N–H and O–H groups in total. The Morgan fingerprint density at radius 1 is 1.33 bits per heavy atom.